The average Bonchev–Trinajstić information content (AvgIpc) is 2.82. The van der Waals surface area contributed by atoms with Gasteiger partial charge >= 0.3 is 11.9 Å². The van der Waals surface area contributed by atoms with Crippen LogP contribution >= 0.6 is 0 Å². The highest BCUT2D eigenvalue weighted by atomic mass is 16.5. The smallest absolute Gasteiger partial charge is 0.374 e. The number of aromatic nitrogens is 1. The number of hydrogen-bond acceptors (Lipinski definition) is 5. The van der Waals surface area contributed by atoms with Crippen molar-refractivity contribution in [1.29, 1.82) is 0 Å². The van der Waals surface area contributed by atoms with Crippen molar-refractivity contribution in [2.24, 2.45) is 0 Å². The molecule has 0 radical (unpaired) electrons. The van der Waals surface area contributed by atoms with E-state index in [1.54, 1.807) is 0 Å². The van der Waals surface area contributed by atoms with Gasteiger partial charge in [-0.15, -0.1) is 0 Å². The lowest BCUT2D eigenvalue weighted by Crippen LogP contribution is -2.06. The molecule has 17 heavy (non-hydrogen) atoms. The maximum atomic E-state index is 10.8. The lowest BCUT2D eigenvalue weighted by molar-refractivity contribution is 0.0372. The number of oxazole rings is 1. The molecule has 92 valence electrons. The van der Waals surface area contributed by atoms with E-state index in [0.29, 0.717) is 6.42 Å². The molecule has 1 fully saturated rings. The van der Waals surface area contributed by atoms with E-state index < -0.39 is 29.5 Å². The van der Waals surface area contributed by atoms with Gasteiger partial charge in [0.25, 0.3) is 0 Å². The number of carbonyl (C=O) groups is 2. The predicted molar refractivity (Wildman–Crippen MR) is 52.9 cm³/mol. The molecule has 7 nitrogen and oxygen atoms in total. The number of ether oxygens (including phenoxy) is 1. The standard InChI is InChI=1S/C10H11NO6/c1-4-2-3-5(16-4)8-11-6(9(12)13)7(17-8)10(14)15/h4-5H,2-3H2,1H3,(H,12,13)(H,14,15). The number of nitrogens with zero attached hydrogens (tertiary/aromatic N) is 1. The minimum absolute atomic E-state index is 0.0177. The Labute approximate surface area is 96.0 Å². The first-order valence-electron chi connectivity index (χ1n) is 5.11. The highest BCUT2D eigenvalue weighted by Gasteiger charge is 2.32. The van der Waals surface area contributed by atoms with E-state index >= 15 is 0 Å². The Bertz CT molecular complexity index is 434. The summed E-state index contributed by atoms with van der Waals surface area (Å²) >= 11 is 0. The highest BCUT2D eigenvalue weighted by Crippen LogP contribution is 2.32. The number of carboxylic acid groups (broad SMARTS) is 2. The number of hydrogen-bond donors (Lipinski definition) is 2. The molecule has 1 aliphatic rings. The quantitative estimate of drug-likeness (QED) is 0.820. The second-order valence-corrected chi connectivity index (χ2v) is 3.85. The summed E-state index contributed by atoms with van der Waals surface area (Å²) in [7, 11) is 0. The average molecular weight is 241 g/mol. The normalized spacial score (nSPS) is 23.8. The molecule has 2 rings (SSSR count). The Kier molecular flexibility index (Phi) is 2.84. The SMILES string of the molecule is CC1CCC(c2nc(C(=O)O)c(C(=O)O)o2)O1. The minimum atomic E-state index is -1.45. The summed E-state index contributed by atoms with van der Waals surface area (Å²) in [5, 5.41) is 17.6. The van der Waals surface area contributed by atoms with Crippen LogP contribution in [0, 0.1) is 0 Å². The van der Waals surface area contributed by atoms with E-state index in [-0.39, 0.29) is 12.0 Å². The molecule has 0 aliphatic carbocycles. The molecule has 0 amide bonds. The maximum Gasteiger partial charge on any atom is 0.374 e. The van der Waals surface area contributed by atoms with Crippen LogP contribution in [0.4, 0.5) is 0 Å². The molecular weight excluding hydrogens is 230 g/mol. The van der Waals surface area contributed by atoms with Crippen LogP contribution in [0.25, 0.3) is 0 Å². The van der Waals surface area contributed by atoms with Gasteiger partial charge in [0.2, 0.25) is 17.3 Å². The molecule has 2 N–H and O–H groups in total. The first-order valence-corrected chi connectivity index (χ1v) is 5.11. The van der Waals surface area contributed by atoms with Crippen molar-refractivity contribution in [2.75, 3.05) is 0 Å². The van der Waals surface area contributed by atoms with Crippen LogP contribution in [0.15, 0.2) is 4.42 Å². The van der Waals surface area contributed by atoms with E-state index in [1.165, 1.54) is 0 Å². The highest BCUT2D eigenvalue weighted by molar-refractivity contribution is 5.98. The lowest BCUT2D eigenvalue weighted by Gasteiger charge is -2.05. The third-order valence-corrected chi connectivity index (χ3v) is 2.55. The Balaban J connectivity index is 2.33. The van der Waals surface area contributed by atoms with Crippen molar-refractivity contribution in [3.63, 3.8) is 0 Å². The predicted octanol–water partition coefficient (Wildman–Crippen LogP) is 1.31. The van der Waals surface area contributed by atoms with Crippen LogP contribution < -0.4 is 0 Å². The van der Waals surface area contributed by atoms with Gasteiger partial charge in [0, 0.05) is 0 Å². The van der Waals surface area contributed by atoms with Crippen LogP contribution in [-0.2, 0) is 4.74 Å². The summed E-state index contributed by atoms with van der Waals surface area (Å²) in [6, 6.07) is 0. The zero-order chi connectivity index (χ0) is 12.6. The monoisotopic (exact) mass is 241 g/mol. The zero-order valence-electron chi connectivity index (χ0n) is 9.04. The first-order chi connectivity index (χ1) is 7.99. The second-order valence-electron chi connectivity index (χ2n) is 3.85. The van der Waals surface area contributed by atoms with Gasteiger partial charge in [-0.1, -0.05) is 0 Å². The van der Waals surface area contributed by atoms with Crippen LogP contribution in [0.2, 0.25) is 0 Å². The van der Waals surface area contributed by atoms with E-state index in [2.05, 4.69) is 4.98 Å². The van der Waals surface area contributed by atoms with Gasteiger partial charge in [0.05, 0.1) is 6.10 Å². The molecule has 2 atom stereocenters. The van der Waals surface area contributed by atoms with Gasteiger partial charge in [-0.3, -0.25) is 0 Å². The van der Waals surface area contributed by atoms with Crippen molar-refractivity contribution in [3.8, 4) is 0 Å². The summed E-state index contributed by atoms with van der Waals surface area (Å²) in [6.45, 7) is 1.87. The van der Waals surface area contributed by atoms with Gasteiger partial charge in [-0.2, -0.15) is 0 Å². The van der Waals surface area contributed by atoms with Crippen LogP contribution in [0.5, 0.6) is 0 Å². The zero-order valence-corrected chi connectivity index (χ0v) is 9.04. The molecule has 0 aromatic carbocycles. The van der Waals surface area contributed by atoms with Gasteiger partial charge in [-0.05, 0) is 19.8 Å². The fraction of sp³-hybridized carbons (Fsp3) is 0.500. The molecule has 1 aromatic rings. The van der Waals surface area contributed by atoms with Crippen LogP contribution in [0.1, 0.15) is 52.8 Å². The van der Waals surface area contributed by atoms with Gasteiger partial charge in [-0.25, -0.2) is 14.6 Å². The largest absolute Gasteiger partial charge is 0.476 e. The van der Waals surface area contributed by atoms with E-state index in [4.69, 9.17) is 19.4 Å². The van der Waals surface area contributed by atoms with Crippen molar-refractivity contribution in [1.82, 2.24) is 4.98 Å². The van der Waals surface area contributed by atoms with Crippen LogP contribution in [-0.4, -0.2) is 33.2 Å². The molecule has 7 heteroatoms. The third-order valence-electron chi connectivity index (χ3n) is 2.55. The van der Waals surface area contributed by atoms with Gasteiger partial charge in [0.1, 0.15) is 6.10 Å². The Morgan fingerprint density at radius 3 is 2.41 bits per heavy atom. The topological polar surface area (TPSA) is 110 Å². The molecule has 0 spiro atoms. The van der Waals surface area contributed by atoms with E-state index in [9.17, 15) is 9.59 Å². The summed E-state index contributed by atoms with van der Waals surface area (Å²) in [5.41, 5.74) is -0.587. The number of aromatic carboxylic acids is 2. The summed E-state index contributed by atoms with van der Waals surface area (Å²) in [5.74, 6) is -3.52. The Hall–Kier alpha value is -1.89. The first kappa shape index (κ1) is 11.6. The third kappa shape index (κ3) is 2.14. The molecular formula is C10H11NO6. The van der Waals surface area contributed by atoms with Crippen molar-refractivity contribution >= 4 is 11.9 Å². The summed E-state index contributed by atoms with van der Waals surface area (Å²) < 4.78 is 10.4. The Morgan fingerprint density at radius 2 is 2.00 bits per heavy atom. The molecule has 0 bridgehead atoms. The number of rotatable bonds is 3. The van der Waals surface area contributed by atoms with Crippen molar-refractivity contribution in [2.45, 2.75) is 32.0 Å². The van der Waals surface area contributed by atoms with E-state index in [0.717, 1.165) is 6.42 Å². The minimum Gasteiger partial charge on any atom is -0.476 e. The fourth-order valence-corrected chi connectivity index (χ4v) is 1.75. The molecule has 1 aliphatic heterocycles. The molecule has 0 saturated carbocycles. The fourth-order valence-electron chi connectivity index (χ4n) is 1.75. The van der Waals surface area contributed by atoms with Gasteiger partial charge < -0.3 is 19.4 Å². The Morgan fingerprint density at radius 1 is 1.29 bits per heavy atom. The summed E-state index contributed by atoms with van der Waals surface area (Å²) in [4.78, 5) is 25.2. The van der Waals surface area contributed by atoms with Crippen LogP contribution in [0.3, 0.4) is 0 Å². The van der Waals surface area contributed by atoms with Crippen molar-refractivity contribution < 1.29 is 29.0 Å². The van der Waals surface area contributed by atoms with E-state index in [1.807, 2.05) is 6.92 Å². The van der Waals surface area contributed by atoms with Crippen molar-refractivity contribution in [3.05, 3.63) is 17.3 Å². The second kappa shape index (κ2) is 4.17. The molecule has 1 saturated heterocycles. The maximum absolute atomic E-state index is 10.8. The lowest BCUT2D eigenvalue weighted by atomic mass is 10.2. The molecule has 2 heterocycles. The molecule has 2 unspecified atom stereocenters. The molecule has 1 aromatic heterocycles. The summed E-state index contributed by atoms with van der Waals surface area (Å²) in [6.07, 6.45) is 1.02. The number of carboxylic acids is 2. The van der Waals surface area contributed by atoms with Gasteiger partial charge in [0.15, 0.2) is 0 Å².